The molecule has 3 heterocycles. The van der Waals surface area contributed by atoms with Crippen molar-refractivity contribution in [3.05, 3.63) is 64.7 Å². The highest BCUT2D eigenvalue weighted by atomic mass is 16.5. The van der Waals surface area contributed by atoms with Gasteiger partial charge in [-0.15, -0.1) is 0 Å². The van der Waals surface area contributed by atoms with Gasteiger partial charge in [0.1, 0.15) is 18.4 Å². The van der Waals surface area contributed by atoms with Crippen LogP contribution in [0.3, 0.4) is 0 Å². The molecule has 3 fully saturated rings. The number of rotatable bonds is 7. The van der Waals surface area contributed by atoms with E-state index >= 15 is 0 Å². The average Bonchev–Trinajstić information content (AvgIpc) is 3.72. The van der Waals surface area contributed by atoms with Crippen molar-refractivity contribution >= 4 is 23.6 Å². The van der Waals surface area contributed by atoms with Crippen LogP contribution in [0, 0.1) is 5.92 Å². The number of carbonyl (C=O) groups excluding carboxylic acids is 4. The minimum atomic E-state index is -0.644. The lowest BCUT2D eigenvalue weighted by Gasteiger charge is -2.35. The Labute approximate surface area is 221 Å². The first-order chi connectivity index (χ1) is 18.5. The van der Waals surface area contributed by atoms with Crippen LogP contribution in [0.15, 0.2) is 42.5 Å². The van der Waals surface area contributed by atoms with Crippen molar-refractivity contribution < 1.29 is 23.9 Å². The molecule has 0 radical (unpaired) electrons. The summed E-state index contributed by atoms with van der Waals surface area (Å²) in [5.41, 5.74) is 3.57. The Morgan fingerprint density at radius 3 is 2.37 bits per heavy atom. The number of imide groups is 1. The zero-order valence-corrected chi connectivity index (χ0v) is 21.4. The van der Waals surface area contributed by atoms with Crippen LogP contribution < -0.4 is 10.1 Å². The first-order valence-corrected chi connectivity index (χ1v) is 13.4. The maximum Gasteiger partial charge on any atom is 0.255 e. The lowest BCUT2D eigenvalue weighted by Crippen LogP contribution is -2.52. The maximum absolute atomic E-state index is 13.0. The number of piperazine rings is 1. The fraction of sp³-hybridized carbons (Fsp3) is 0.448. The van der Waals surface area contributed by atoms with Gasteiger partial charge in [-0.1, -0.05) is 30.3 Å². The van der Waals surface area contributed by atoms with E-state index in [1.54, 1.807) is 12.1 Å². The monoisotopic (exact) mass is 516 g/mol. The van der Waals surface area contributed by atoms with Crippen LogP contribution in [0.25, 0.3) is 0 Å². The zero-order chi connectivity index (χ0) is 26.2. The lowest BCUT2D eigenvalue weighted by molar-refractivity contribution is -0.137. The minimum absolute atomic E-state index is 0.206. The van der Waals surface area contributed by atoms with Gasteiger partial charge >= 0.3 is 0 Å². The van der Waals surface area contributed by atoms with Gasteiger partial charge in [0.15, 0.2) is 0 Å². The van der Waals surface area contributed by atoms with E-state index < -0.39 is 11.9 Å². The molecular weight excluding hydrogens is 484 g/mol. The fourth-order valence-electron chi connectivity index (χ4n) is 5.57. The molecule has 1 aliphatic carbocycles. The van der Waals surface area contributed by atoms with Gasteiger partial charge in [0, 0.05) is 56.2 Å². The van der Waals surface area contributed by atoms with E-state index in [4.69, 9.17) is 4.74 Å². The molecule has 2 aromatic rings. The Kier molecular flexibility index (Phi) is 6.61. The molecule has 0 bridgehead atoms. The number of nitrogens with one attached hydrogen (secondary N) is 1. The Morgan fingerprint density at radius 1 is 0.921 bits per heavy atom. The van der Waals surface area contributed by atoms with Crippen LogP contribution in [0.5, 0.6) is 5.75 Å². The third-order valence-corrected chi connectivity index (χ3v) is 7.97. The van der Waals surface area contributed by atoms with Gasteiger partial charge in [0.25, 0.3) is 5.91 Å². The van der Waals surface area contributed by atoms with Crippen LogP contribution in [0.2, 0.25) is 0 Å². The predicted molar refractivity (Wildman–Crippen MR) is 138 cm³/mol. The molecule has 38 heavy (non-hydrogen) atoms. The topological polar surface area (TPSA) is 99.3 Å². The summed E-state index contributed by atoms with van der Waals surface area (Å²) in [6.07, 6.45) is 2.68. The summed E-state index contributed by atoms with van der Waals surface area (Å²) in [6.45, 7) is 4.93. The third-order valence-electron chi connectivity index (χ3n) is 7.97. The minimum Gasteiger partial charge on any atom is -0.489 e. The molecule has 1 N–H and O–H groups in total. The van der Waals surface area contributed by atoms with E-state index in [0.29, 0.717) is 30.2 Å². The Hall–Kier alpha value is -3.72. The number of nitrogens with zero attached hydrogens (tertiary/aromatic N) is 3. The molecule has 0 spiro atoms. The van der Waals surface area contributed by atoms with Crippen molar-refractivity contribution in [3.63, 3.8) is 0 Å². The highest BCUT2D eigenvalue weighted by Crippen LogP contribution is 2.34. The van der Waals surface area contributed by atoms with E-state index in [1.807, 2.05) is 11.0 Å². The van der Waals surface area contributed by atoms with Crippen molar-refractivity contribution in [1.82, 2.24) is 20.0 Å². The van der Waals surface area contributed by atoms with Crippen molar-refractivity contribution in [1.29, 1.82) is 0 Å². The maximum atomic E-state index is 13.0. The molecular formula is C29H32N4O5. The van der Waals surface area contributed by atoms with Crippen molar-refractivity contribution in [2.24, 2.45) is 5.92 Å². The third kappa shape index (κ3) is 5.03. The number of hydrogen-bond acceptors (Lipinski definition) is 6. The van der Waals surface area contributed by atoms with Crippen LogP contribution in [0.4, 0.5) is 0 Å². The molecule has 1 unspecified atom stereocenters. The first-order valence-electron chi connectivity index (χ1n) is 13.4. The second kappa shape index (κ2) is 10.2. The Morgan fingerprint density at radius 2 is 1.66 bits per heavy atom. The summed E-state index contributed by atoms with van der Waals surface area (Å²) < 4.78 is 6.13. The van der Waals surface area contributed by atoms with Gasteiger partial charge in [-0.3, -0.25) is 29.4 Å². The number of hydrogen-bond donors (Lipinski definition) is 1. The number of amides is 4. The predicted octanol–water partition coefficient (Wildman–Crippen LogP) is 2.08. The van der Waals surface area contributed by atoms with E-state index in [-0.39, 0.29) is 30.7 Å². The first kappa shape index (κ1) is 24.6. The van der Waals surface area contributed by atoms with E-state index in [1.165, 1.54) is 10.5 Å². The van der Waals surface area contributed by atoms with Gasteiger partial charge in [-0.05, 0) is 42.5 Å². The molecule has 4 amide bonds. The standard InChI is InChI=1S/C29H32N4O5/c34-26-11-10-24(27(35)30-26)33-17-23-22(29(33)37)2-1-3-25(23)38-18-20-6-4-19(5-7-20)16-31-12-14-32(15-13-31)28(36)21-8-9-21/h1-7,21,24H,8-18H2,(H,30,34,35). The fourth-order valence-corrected chi connectivity index (χ4v) is 5.57. The average molecular weight is 517 g/mol. The molecule has 1 saturated carbocycles. The van der Waals surface area contributed by atoms with Crippen LogP contribution in [-0.2, 0) is 34.1 Å². The zero-order valence-electron chi connectivity index (χ0n) is 21.4. The molecule has 0 aromatic heterocycles. The number of carbonyl (C=O) groups is 4. The van der Waals surface area contributed by atoms with Crippen LogP contribution >= 0.6 is 0 Å². The molecule has 6 rings (SSSR count). The van der Waals surface area contributed by atoms with E-state index in [0.717, 1.165) is 56.7 Å². The molecule has 198 valence electrons. The number of fused-ring (bicyclic) bond motifs is 1. The largest absolute Gasteiger partial charge is 0.489 e. The van der Waals surface area contributed by atoms with Gasteiger partial charge < -0.3 is 14.5 Å². The normalized spacial score (nSPS) is 21.9. The van der Waals surface area contributed by atoms with Crippen molar-refractivity contribution in [3.8, 4) is 5.75 Å². The van der Waals surface area contributed by atoms with Crippen molar-refractivity contribution in [2.45, 2.75) is 51.4 Å². The molecule has 3 aliphatic heterocycles. The highest BCUT2D eigenvalue weighted by Gasteiger charge is 2.40. The summed E-state index contributed by atoms with van der Waals surface area (Å²) in [4.78, 5) is 55.1. The van der Waals surface area contributed by atoms with Gasteiger partial charge in [-0.2, -0.15) is 0 Å². The summed E-state index contributed by atoms with van der Waals surface area (Å²) in [7, 11) is 0. The summed E-state index contributed by atoms with van der Waals surface area (Å²) >= 11 is 0. The van der Waals surface area contributed by atoms with Gasteiger partial charge in [0.2, 0.25) is 17.7 Å². The SMILES string of the molecule is O=C1CCC(N2Cc3c(OCc4ccc(CN5CCN(C(=O)C6CC6)CC5)cc4)cccc3C2=O)C(=O)N1. The molecule has 9 nitrogen and oxygen atoms in total. The highest BCUT2D eigenvalue weighted by molar-refractivity contribution is 6.05. The smallest absolute Gasteiger partial charge is 0.255 e. The number of benzene rings is 2. The summed E-state index contributed by atoms with van der Waals surface area (Å²) in [6, 6.07) is 13.1. The summed E-state index contributed by atoms with van der Waals surface area (Å²) in [5, 5.41) is 2.34. The van der Waals surface area contributed by atoms with Crippen molar-refractivity contribution in [2.75, 3.05) is 26.2 Å². The molecule has 9 heteroatoms. The number of piperidine rings is 1. The quantitative estimate of drug-likeness (QED) is 0.566. The Balaban J connectivity index is 1.03. The molecule has 4 aliphatic rings. The molecule has 1 atom stereocenters. The van der Waals surface area contributed by atoms with Gasteiger partial charge in [-0.25, -0.2) is 0 Å². The van der Waals surface area contributed by atoms with Gasteiger partial charge in [0.05, 0.1) is 6.54 Å². The van der Waals surface area contributed by atoms with Crippen LogP contribution in [0.1, 0.15) is 52.7 Å². The lowest BCUT2D eigenvalue weighted by atomic mass is 10.0. The van der Waals surface area contributed by atoms with Crippen LogP contribution in [-0.4, -0.2) is 70.5 Å². The number of ether oxygens (including phenoxy) is 1. The molecule has 2 saturated heterocycles. The summed E-state index contributed by atoms with van der Waals surface area (Å²) in [5.74, 6) is 0.339. The molecule has 2 aromatic carbocycles. The second-order valence-electron chi connectivity index (χ2n) is 10.7. The Bertz CT molecular complexity index is 1260. The van der Waals surface area contributed by atoms with E-state index in [9.17, 15) is 19.2 Å². The second-order valence-corrected chi connectivity index (χ2v) is 10.7. The van der Waals surface area contributed by atoms with E-state index in [2.05, 4.69) is 34.5 Å².